The molecule has 0 spiro atoms. The molecule has 0 aromatic heterocycles. The van der Waals surface area contributed by atoms with Crippen molar-refractivity contribution >= 4 is 11.6 Å². The van der Waals surface area contributed by atoms with Gasteiger partial charge in [-0.25, -0.2) is 0 Å². The van der Waals surface area contributed by atoms with Gasteiger partial charge in [0.1, 0.15) is 0 Å². The molecule has 4 rings (SSSR count). The number of hydrogen-bond acceptors (Lipinski definition) is 2. The van der Waals surface area contributed by atoms with Gasteiger partial charge in [-0.15, -0.1) is 0 Å². The van der Waals surface area contributed by atoms with Crippen LogP contribution in [0.1, 0.15) is 40.0 Å². The van der Waals surface area contributed by atoms with Crippen molar-refractivity contribution in [3.05, 3.63) is 101 Å². The summed E-state index contributed by atoms with van der Waals surface area (Å²) in [7, 11) is 0. The van der Waals surface area contributed by atoms with Crippen molar-refractivity contribution in [2.24, 2.45) is 0 Å². The van der Waals surface area contributed by atoms with E-state index < -0.39 is 0 Å². The summed E-state index contributed by atoms with van der Waals surface area (Å²) in [6.45, 7) is 3.93. The first kappa shape index (κ1) is 17.3. The van der Waals surface area contributed by atoms with Crippen LogP contribution in [0.15, 0.2) is 78.9 Å². The van der Waals surface area contributed by atoms with E-state index in [9.17, 15) is 4.79 Å². The number of carbonyl (C=O) groups is 1. The fraction of sp³-hybridized carbons (Fsp3) is 0.208. The molecule has 0 saturated carbocycles. The Morgan fingerprint density at radius 2 is 1.67 bits per heavy atom. The number of hydrogen-bond donors (Lipinski definition) is 1. The highest BCUT2D eigenvalue weighted by molar-refractivity contribution is 5.94. The lowest BCUT2D eigenvalue weighted by Gasteiger charge is -2.19. The third-order valence-corrected chi connectivity index (χ3v) is 5.22. The molecule has 1 aliphatic rings. The minimum atomic E-state index is -0.0376. The number of carbonyl (C=O) groups excluding carboxylic acids is 1. The lowest BCUT2D eigenvalue weighted by Crippen LogP contribution is -2.26. The summed E-state index contributed by atoms with van der Waals surface area (Å²) in [5, 5.41) is 3.07. The molecule has 3 heteroatoms. The molecule has 1 aliphatic heterocycles. The Labute approximate surface area is 160 Å². The largest absolute Gasteiger partial charge is 0.367 e. The zero-order chi connectivity index (χ0) is 18.6. The third kappa shape index (κ3) is 3.87. The van der Waals surface area contributed by atoms with Gasteiger partial charge in [-0.05, 0) is 48.2 Å². The van der Waals surface area contributed by atoms with Gasteiger partial charge in [0.25, 0.3) is 5.91 Å². The fourth-order valence-electron chi connectivity index (χ4n) is 3.66. The van der Waals surface area contributed by atoms with Crippen molar-refractivity contribution in [3.63, 3.8) is 0 Å². The summed E-state index contributed by atoms with van der Waals surface area (Å²) in [4.78, 5) is 14.9. The molecule has 0 unspecified atom stereocenters. The van der Waals surface area contributed by atoms with E-state index in [0.29, 0.717) is 5.56 Å². The molecule has 1 N–H and O–H groups in total. The Kier molecular flexibility index (Phi) is 4.93. The zero-order valence-corrected chi connectivity index (χ0v) is 15.6. The van der Waals surface area contributed by atoms with Crippen LogP contribution in [0.2, 0.25) is 0 Å². The molecule has 3 aromatic rings. The minimum Gasteiger partial charge on any atom is -0.367 e. The number of para-hydroxylation sites is 1. The zero-order valence-electron chi connectivity index (χ0n) is 15.6. The van der Waals surface area contributed by atoms with Gasteiger partial charge in [0, 0.05) is 24.3 Å². The first-order valence-corrected chi connectivity index (χ1v) is 9.48. The van der Waals surface area contributed by atoms with Crippen LogP contribution in [0, 0.1) is 0 Å². The number of amides is 1. The minimum absolute atomic E-state index is 0.0144. The number of fused-ring (bicyclic) bond motifs is 1. The van der Waals surface area contributed by atoms with Gasteiger partial charge in [0.15, 0.2) is 0 Å². The Balaban J connectivity index is 1.40. The molecule has 136 valence electrons. The van der Waals surface area contributed by atoms with Crippen LogP contribution in [0.3, 0.4) is 0 Å². The monoisotopic (exact) mass is 356 g/mol. The van der Waals surface area contributed by atoms with Gasteiger partial charge in [0.2, 0.25) is 0 Å². The molecule has 0 radical (unpaired) electrons. The van der Waals surface area contributed by atoms with Crippen LogP contribution < -0.4 is 10.2 Å². The van der Waals surface area contributed by atoms with E-state index in [4.69, 9.17) is 0 Å². The van der Waals surface area contributed by atoms with E-state index in [0.717, 1.165) is 25.1 Å². The van der Waals surface area contributed by atoms with Crippen LogP contribution in [-0.4, -0.2) is 12.5 Å². The van der Waals surface area contributed by atoms with Crippen LogP contribution in [0.25, 0.3) is 0 Å². The molecule has 3 aromatic carbocycles. The molecular weight excluding hydrogens is 332 g/mol. The highest BCUT2D eigenvalue weighted by Crippen LogP contribution is 2.28. The SMILES string of the molecule is C[C@@H](NC(=O)c1ccc(CN2CCc3ccccc32)cc1)c1ccccc1. The van der Waals surface area contributed by atoms with Gasteiger partial charge in [-0.1, -0.05) is 60.7 Å². The van der Waals surface area contributed by atoms with Gasteiger partial charge in [0.05, 0.1) is 6.04 Å². The van der Waals surface area contributed by atoms with Crippen molar-refractivity contribution in [1.29, 1.82) is 0 Å². The third-order valence-electron chi connectivity index (χ3n) is 5.22. The number of anilines is 1. The van der Waals surface area contributed by atoms with Crippen LogP contribution in [-0.2, 0) is 13.0 Å². The van der Waals surface area contributed by atoms with E-state index in [1.165, 1.54) is 16.8 Å². The fourth-order valence-corrected chi connectivity index (χ4v) is 3.66. The Morgan fingerprint density at radius 3 is 2.44 bits per heavy atom. The van der Waals surface area contributed by atoms with E-state index >= 15 is 0 Å². The maximum Gasteiger partial charge on any atom is 0.251 e. The van der Waals surface area contributed by atoms with Crippen LogP contribution >= 0.6 is 0 Å². The molecular formula is C24H24N2O. The summed E-state index contributed by atoms with van der Waals surface area (Å²) < 4.78 is 0. The van der Waals surface area contributed by atoms with Gasteiger partial charge >= 0.3 is 0 Å². The maximum absolute atomic E-state index is 12.5. The number of nitrogens with zero attached hydrogens (tertiary/aromatic N) is 1. The molecule has 27 heavy (non-hydrogen) atoms. The first-order valence-electron chi connectivity index (χ1n) is 9.48. The number of benzene rings is 3. The lowest BCUT2D eigenvalue weighted by molar-refractivity contribution is 0.0940. The molecule has 1 amide bonds. The molecule has 0 aliphatic carbocycles. The van der Waals surface area contributed by atoms with Gasteiger partial charge < -0.3 is 10.2 Å². The Hall–Kier alpha value is -3.07. The molecule has 1 atom stereocenters. The summed E-state index contributed by atoms with van der Waals surface area (Å²) in [6.07, 6.45) is 1.11. The topological polar surface area (TPSA) is 32.3 Å². The van der Waals surface area contributed by atoms with Crippen molar-refractivity contribution in [2.75, 3.05) is 11.4 Å². The van der Waals surface area contributed by atoms with Gasteiger partial charge in [-0.2, -0.15) is 0 Å². The van der Waals surface area contributed by atoms with E-state index in [2.05, 4.69) is 46.6 Å². The van der Waals surface area contributed by atoms with Crippen LogP contribution in [0.4, 0.5) is 5.69 Å². The summed E-state index contributed by atoms with van der Waals surface area (Å²) in [5.41, 5.74) is 5.78. The summed E-state index contributed by atoms with van der Waals surface area (Å²) in [5.74, 6) is -0.0376. The maximum atomic E-state index is 12.5. The average Bonchev–Trinajstić information content (AvgIpc) is 3.12. The predicted octanol–water partition coefficient (Wildman–Crippen LogP) is 4.74. The Bertz CT molecular complexity index is 919. The first-order chi connectivity index (χ1) is 13.2. The molecule has 0 fully saturated rings. The molecule has 0 saturated heterocycles. The van der Waals surface area contributed by atoms with Crippen molar-refractivity contribution < 1.29 is 4.79 Å². The van der Waals surface area contributed by atoms with Crippen LogP contribution in [0.5, 0.6) is 0 Å². The van der Waals surface area contributed by atoms with E-state index in [-0.39, 0.29) is 11.9 Å². The average molecular weight is 356 g/mol. The molecule has 0 bridgehead atoms. The van der Waals surface area contributed by atoms with E-state index in [1.54, 1.807) is 0 Å². The second kappa shape index (κ2) is 7.67. The second-order valence-electron chi connectivity index (χ2n) is 7.10. The van der Waals surface area contributed by atoms with Crippen molar-refractivity contribution in [3.8, 4) is 0 Å². The second-order valence-corrected chi connectivity index (χ2v) is 7.10. The highest BCUT2D eigenvalue weighted by Gasteiger charge is 2.18. The Morgan fingerprint density at radius 1 is 0.963 bits per heavy atom. The normalized spacial score (nSPS) is 13.9. The molecule has 3 nitrogen and oxygen atoms in total. The predicted molar refractivity (Wildman–Crippen MR) is 110 cm³/mol. The number of rotatable bonds is 5. The number of nitrogens with one attached hydrogen (secondary N) is 1. The highest BCUT2D eigenvalue weighted by atomic mass is 16.1. The summed E-state index contributed by atoms with van der Waals surface area (Å²) in [6, 6.07) is 26.6. The standard InChI is InChI=1S/C24H24N2O/c1-18(20-7-3-2-4-8-20)25-24(27)22-13-11-19(12-14-22)17-26-16-15-21-9-5-6-10-23(21)26/h2-14,18H,15-17H2,1H3,(H,25,27)/t18-/m1/s1. The van der Waals surface area contributed by atoms with E-state index in [1.807, 2.05) is 49.4 Å². The summed E-state index contributed by atoms with van der Waals surface area (Å²) >= 11 is 0. The quantitative estimate of drug-likeness (QED) is 0.716. The lowest BCUT2D eigenvalue weighted by atomic mass is 10.1. The smallest absolute Gasteiger partial charge is 0.251 e. The van der Waals surface area contributed by atoms with Gasteiger partial charge in [-0.3, -0.25) is 4.79 Å². The van der Waals surface area contributed by atoms with Crippen molar-refractivity contribution in [2.45, 2.75) is 25.9 Å². The molecule has 1 heterocycles. The van der Waals surface area contributed by atoms with Crippen molar-refractivity contribution in [1.82, 2.24) is 5.32 Å².